The summed E-state index contributed by atoms with van der Waals surface area (Å²) in [5.74, 6) is 1.08. The quantitative estimate of drug-likeness (QED) is 0.814. The van der Waals surface area contributed by atoms with E-state index in [1.165, 1.54) is 5.56 Å². The number of amides is 1. The van der Waals surface area contributed by atoms with Crippen LogP contribution in [-0.4, -0.2) is 24.5 Å². The van der Waals surface area contributed by atoms with Crippen molar-refractivity contribution in [3.05, 3.63) is 65.2 Å². The summed E-state index contributed by atoms with van der Waals surface area (Å²) in [4.78, 5) is 13.8. The standard InChI is InChI=1S/C20H22N2O2/c1-15(2)18-8-10-19(11-9-18)24-14-20(23)22(3)13-17-6-4-16(12-21)5-7-17/h4-11,15H,13-14H2,1-3H3. The third kappa shape index (κ3) is 4.85. The summed E-state index contributed by atoms with van der Waals surface area (Å²) in [5.41, 5.74) is 2.83. The number of nitrogens with zero attached hydrogens (tertiary/aromatic N) is 2. The van der Waals surface area contributed by atoms with Crippen LogP contribution in [0.5, 0.6) is 5.75 Å². The second kappa shape index (κ2) is 8.16. The van der Waals surface area contributed by atoms with Crippen molar-refractivity contribution in [1.29, 1.82) is 5.26 Å². The summed E-state index contributed by atoms with van der Waals surface area (Å²) < 4.78 is 5.56. The van der Waals surface area contributed by atoms with E-state index < -0.39 is 0 Å². The van der Waals surface area contributed by atoms with Crippen LogP contribution in [0, 0.1) is 11.3 Å². The van der Waals surface area contributed by atoms with E-state index >= 15 is 0 Å². The van der Waals surface area contributed by atoms with Crippen molar-refractivity contribution in [2.45, 2.75) is 26.3 Å². The van der Waals surface area contributed by atoms with Gasteiger partial charge in [-0.05, 0) is 41.3 Å². The minimum atomic E-state index is -0.0905. The molecule has 0 fully saturated rings. The molecule has 2 rings (SSSR count). The predicted octanol–water partition coefficient (Wildman–Crippen LogP) is 3.72. The number of carbonyl (C=O) groups excluding carboxylic acids is 1. The number of hydrogen-bond acceptors (Lipinski definition) is 3. The highest BCUT2D eigenvalue weighted by atomic mass is 16.5. The maximum Gasteiger partial charge on any atom is 0.260 e. The van der Waals surface area contributed by atoms with Gasteiger partial charge < -0.3 is 9.64 Å². The van der Waals surface area contributed by atoms with Gasteiger partial charge in [0.25, 0.3) is 5.91 Å². The molecule has 0 aliphatic carbocycles. The summed E-state index contributed by atoms with van der Waals surface area (Å²) in [6.07, 6.45) is 0. The van der Waals surface area contributed by atoms with Crippen molar-refractivity contribution in [3.8, 4) is 11.8 Å². The molecular weight excluding hydrogens is 300 g/mol. The Balaban J connectivity index is 1.85. The first-order valence-corrected chi connectivity index (χ1v) is 7.95. The Hall–Kier alpha value is -2.80. The summed E-state index contributed by atoms with van der Waals surface area (Å²) in [5, 5.41) is 8.79. The van der Waals surface area contributed by atoms with Crippen molar-refractivity contribution in [3.63, 3.8) is 0 Å². The molecule has 0 saturated carbocycles. The Labute approximate surface area is 143 Å². The molecule has 0 bridgehead atoms. The fourth-order valence-corrected chi connectivity index (χ4v) is 2.25. The summed E-state index contributed by atoms with van der Waals surface area (Å²) in [6.45, 7) is 4.77. The van der Waals surface area contributed by atoms with Gasteiger partial charge in [-0.2, -0.15) is 5.26 Å². The lowest BCUT2D eigenvalue weighted by molar-refractivity contribution is -0.132. The van der Waals surface area contributed by atoms with E-state index in [1.807, 2.05) is 36.4 Å². The molecule has 124 valence electrons. The number of ether oxygens (including phenoxy) is 1. The predicted molar refractivity (Wildman–Crippen MR) is 93.7 cm³/mol. The molecule has 0 atom stereocenters. The van der Waals surface area contributed by atoms with Gasteiger partial charge in [0, 0.05) is 13.6 Å². The lowest BCUT2D eigenvalue weighted by Crippen LogP contribution is -2.30. The van der Waals surface area contributed by atoms with Gasteiger partial charge in [-0.15, -0.1) is 0 Å². The first kappa shape index (κ1) is 17.6. The zero-order valence-electron chi connectivity index (χ0n) is 14.3. The average molecular weight is 322 g/mol. The first-order valence-electron chi connectivity index (χ1n) is 7.95. The van der Waals surface area contributed by atoms with E-state index in [2.05, 4.69) is 19.9 Å². The minimum Gasteiger partial charge on any atom is -0.484 e. The molecule has 24 heavy (non-hydrogen) atoms. The van der Waals surface area contributed by atoms with Crippen molar-refractivity contribution in [2.75, 3.05) is 13.7 Å². The van der Waals surface area contributed by atoms with Crippen LogP contribution in [0.1, 0.15) is 36.5 Å². The van der Waals surface area contributed by atoms with Crippen LogP contribution in [0.2, 0.25) is 0 Å². The molecule has 2 aromatic carbocycles. The monoisotopic (exact) mass is 322 g/mol. The molecule has 0 aliphatic rings. The van der Waals surface area contributed by atoms with Gasteiger partial charge in [0.1, 0.15) is 5.75 Å². The number of hydrogen-bond donors (Lipinski definition) is 0. The number of rotatable bonds is 6. The van der Waals surface area contributed by atoms with Crippen molar-refractivity contribution >= 4 is 5.91 Å². The highest BCUT2D eigenvalue weighted by Crippen LogP contribution is 2.18. The van der Waals surface area contributed by atoms with E-state index in [0.717, 1.165) is 5.56 Å². The summed E-state index contributed by atoms with van der Waals surface area (Å²) >= 11 is 0. The van der Waals surface area contributed by atoms with Gasteiger partial charge in [-0.25, -0.2) is 0 Å². The maximum atomic E-state index is 12.2. The highest BCUT2D eigenvalue weighted by Gasteiger charge is 2.10. The largest absolute Gasteiger partial charge is 0.484 e. The summed E-state index contributed by atoms with van der Waals surface area (Å²) in [6, 6.07) is 17.1. The second-order valence-corrected chi connectivity index (χ2v) is 6.07. The lowest BCUT2D eigenvalue weighted by atomic mass is 10.0. The highest BCUT2D eigenvalue weighted by molar-refractivity contribution is 5.77. The van der Waals surface area contributed by atoms with Gasteiger partial charge in [0.05, 0.1) is 11.6 Å². The Morgan fingerprint density at radius 3 is 2.29 bits per heavy atom. The van der Waals surface area contributed by atoms with Crippen LogP contribution in [-0.2, 0) is 11.3 Å². The minimum absolute atomic E-state index is 0.00774. The number of carbonyl (C=O) groups is 1. The average Bonchev–Trinajstić information content (AvgIpc) is 2.60. The third-order valence-corrected chi connectivity index (χ3v) is 3.84. The number of nitriles is 1. The SMILES string of the molecule is CC(C)c1ccc(OCC(=O)N(C)Cc2ccc(C#N)cc2)cc1. The van der Waals surface area contributed by atoms with E-state index in [1.54, 1.807) is 24.1 Å². The van der Waals surface area contributed by atoms with Crippen LogP contribution in [0.4, 0.5) is 0 Å². The molecule has 0 heterocycles. The topological polar surface area (TPSA) is 53.3 Å². The first-order chi connectivity index (χ1) is 11.5. The van der Waals surface area contributed by atoms with Crippen molar-refractivity contribution in [1.82, 2.24) is 4.90 Å². The number of benzene rings is 2. The molecule has 0 spiro atoms. The lowest BCUT2D eigenvalue weighted by Gasteiger charge is -2.18. The van der Waals surface area contributed by atoms with Crippen molar-refractivity contribution < 1.29 is 9.53 Å². The Morgan fingerprint density at radius 2 is 1.75 bits per heavy atom. The van der Waals surface area contributed by atoms with Gasteiger partial charge in [0.2, 0.25) is 0 Å². The second-order valence-electron chi connectivity index (χ2n) is 6.07. The van der Waals surface area contributed by atoms with E-state index in [4.69, 9.17) is 10.00 Å². The van der Waals surface area contributed by atoms with E-state index in [9.17, 15) is 4.79 Å². The normalized spacial score (nSPS) is 10.3. The Kier molecular flexibility index (Phi) is 5.97. The van der Waals surface area contributed by atoms with Crippen LogP contribution >= 0.6 is 0 Å². The van der Waals surface area contributed by atoms with Gasteiger partial charge in [-0.3, -0.25) is 4.79 Å². The maximum absolute atomic E-state index is 12.2. The van der Waals surface area contributed by atoms with Crippen LogP contribution in [0.25, 0.3) is 0 Å². The zero-order chi connectivity index (χ0) is 17.5. The molecule has 0 N–H and O–H groups in total. The van der Waals surface area contributed by atoms with E-state index in [-0.39, 0.29) is 12.5 Å². The molecule has 0 radical (unpaired) electrons. The molecule has 0 saturated heterocycles. The third-order valence-electron chi connectivity index (χ3n) is 3.84. The molecule has 4 nitrogen and oxygen atoms in total. The van der Waals surface area contributed by atoms with Gasteiger partial charge in [-0.1, -0.05) is 38.1 Å². The number of likely N-dealkylation sites (N-methyl/N-ethyl adjacent to an activating group) is 1. The fourth-order valence-electron chi connectivity index (χ4n) is 2.25. The molecule has 4 heteroatoms. The van der Waals surface area contributed by atoms with Gasteiger partial charge in [0.15, 0.2) is 6.61 Å². The van der Waals surface area contributed by atoms with E-state index in [0.29, 0.717) is 23.8 Å². The molecule has 1 amide bonds. The Bertz CT molecular complexity index is 713. The van der Waals surface area contributed by atoms with Crippen molar-refractivity contribution in [2.24, 2.45) is 0 Å². The zero-order valence-corrected chi connectivity index (χ0v) is 14.3. The molecule has 0 unspecified atom stereocenters. The molecule has 2 aromatic rings. The fraction of sp³-hybridized carbons (Fsp3) is 0.300. The van der Waals surface area contributed by atoms with Crippen LogP contribution in [0.15, 0.2) is 48.5 Å². The Morgan fingerprint density at radius 1 is 1.12 bits per heavy atom. The molecule has 0 aliphatic heterocycles. The molecule has 0 aromatic heterocycles. The molecular formula is C20H22N2O2. The summed E-state index contributed by atoms with van der Waals surface area (Å²) in [7, 11) is 1.74. The van der Waals surface area contributed by atoms with Gasteiger partial charge >= 0.3 is 0 Å². The van der Waals surface area contributed by atoms with Crippen LogP contribution < -0.4 is 4.74 Å². The van der Waals surface area contributed by atoms with Crippen LogP contribution in [0.3, 0.4) is 0 Å². The smallest absolute Gasteiger partial charge is 0.260 e.